The summed E-state index contributed by atoms with van der Waals surface area (Å²) in [4.78, 5) is 26.9. The molecule has 0 fully saturated rings. The molecule has 0 radical (unpaired) electrons. The number of hydrogen-bond donors (Lipinski definition) is 0. The van der Waals surface area contributed by atoms with E-state index in [0.29, 0.717) is 11.5 Å². The van der Waals surface area contributed by atoms with Gasteiger partial charge in [-0.05, 0) is 19.1 Å². The highest BCUT2D eigenvalue weighted by molar-refractivity contribution is 6.00. The molecule has 0 aliphatic carbocycles. The van der Waals surface area contributed by atoms with Gasteiger partial charge in [0.25, 0.3) is 5.89 Å². The Labute approximate surface area is 108 Å². The third kappa shape index (κ3) is 2.35. The van der Waals surface area contributed by atoms with Gasteiger partial charge in [-0.3, -0.25) is 0 Å². The number of aryl methyl sites for hydroxylation is 1. The molecule has 2 rings (SSSR count). The number of esters is 2. The van der Waals surface area contributed by atoms with Crippen molar-refractivity contribution in [3.05, 3.63) is 29.3 Å². The number of carbonyl (C=O) groups excluding carboxylic acids is 2. The molecule has 0 aromatic carbocycles. The maximum Gasteiger partial charge on any atom is 0.376 e. The quantitative estimate of drug-likeness (QED) is 0.781. The van der Waals surface area contributed by atoms with Crippen molar-refractivity contribution >= 4 is 11.9 Å². The van der Waals surface area contributed by atoms with Crippen LogP contribution in [0.4, 0.5) is 0 Å². The second-order valence-electron chi connectivity index (χ2n) is 3.59. The molecule has 0 unspecified atom stereocenters. The number of methoxy groups -OCH3 is 2. The lowest BCUT2D eigenvalue weighted by molar-refractivity contribution is 0.0527. The lowest BCUT2D eigenvalue weighted by Gasteiger charge is -1.96. The zero-order valence-electron chi connectivity index (χ0n) is 10.6. The predicted molar refractivity (Wildman–Crippen MR) is 61.6 cm³/mol. The number of rotatable bonds is 3. The monoisotopic (exact) mass is 265 g/mol. The van der Waals surface area contributed by atoms with Crippen molar-refractivity contribution in [2.75, 3.05) is 14.2 Å². The Morgan fingerprint density at radius 2 is 1.79 bits per heavy atom. The molecule has 100 valence electrons. The van der Waals surface area contributed by atoms with Crippen molar-refractivity contribution in [1.29, 1.82) is 0 Å². The molecule has 19 heavy (non-hydrogen) atoms. The molecule has 0 aliphatic rings. The first-order valence-corrected chi connectivity index (χ1v) is 5.31. The highest BCUT2D eigenvalue weighted by Crippen LogP contribution is 2.24. The number of oxazole rings is 1. The summed E-state index contributed by atoms with van der Waals surface area (Å²) >= 11 is 0. The van der Waals surface area contributed by atoms with E-state index in [0.717, 1.165) is 0 Å². The van der Waals surface area contributed by atoms with Gasteiger partial charge in [0.05, 0.1) is 14.2 Å². The summed E-state index contributed by atoms with van der Waals surface area (Å²) in [6, 6.07) is 3.32. The average molecular weight is 265 g/mol. The summed E-state index contributed by atoms with van der Waals surface area (Å²) < 4.78 is 19.6. The second kappa shape index (κ2) is 4.97. The molecule has 0 saturated heterocycles. The van der Waals surface area contributed by atoms with E-state index in [1.807, 2.05) is 0 Å². The molecular weight excluding hydrogens is 254 g/mol. The van der Waals surface area contributed by atoms with Crippen molar-refractivity contribution < 1.29 is 27.9 Å². The summed E-state index contributed by atoms with van der Waals surface area (Å²) in [5.74, 6) is -0.973. The average Bonchev–Trinajstić information content (AvgIpc) is 3.02. The Morgan fingerprint density at radius 1 is 1.11 bits per heavy atom. The van der Waals surface area contributed by atoms with Crippen LogP contribution in [0.25, 0.3) is 11.7 Å². The van der Waals surface area contributed by atoms with Gasteiger partial charge in [0.1, 0.15) is 5.76 Å². The van der Waals surface area contributed by atoms with E-state index in [2.05, 4.69) is 14.5 Å². The third-order valence-electron chi connectivity index (χ3n) is 2.33. The third-order valence-corrected chi connectivity index (χ3v) is 2.33. The van der Waals surface area contributed by atoms with Gasteiger partial charge in [-0.15, -0.1) is 0 Å². The van der Waals surface area contributed by atoms with Crippen LogP contribution in [0.15, 0.2) is 21.0 Å². The molecule has 2 heterocycles. The van der Waals surface area contributed by atoms with Crippen LogP contribution in [-0.4, -0.2) is 31.1 Å². The van der Waals surface area contributed by atoms with Gasteiger partial charge < -0.3 is 18.3 Å². The highest BCUT2D eigenvalue weighted by Gasteiger charge is 2.28. The largest absolute Gasteiger partial charge is 0.464 e. The van der Waals surface area contributed by atoms with E-state index in [1.165, 1.54) is 14.2 Å². The summed E-state index contributed by atoms with van der Waals surface area (Å²) in [5.41, 5.74) is -0.251. The van der Waals surface area contributed by atoms with E-state index in [4.69, 9.17) is 8.83 Å². The van der Waals surface area contributed by atoms with E-state index >= 15 is 0 Å². The Bertz CT molecular complexity index is 590. The lowest BCUT2D eigenvalue weighted by Crippen LogP contribution is -2.10. The summed E-state index contributed by atoms with van der Waals surface area (Å²) in [5, 5.41) is 0. The molecule has 7 heteroatoms. The first-order valence-electron chi connectivity index (χ1n) is 5.31. The predicted octanol–water partition coefficient (Wildman–Crippen LogP) is 1.82. The Morgan fingerprint density at radius 3 is 2.32 bits per heavy atom. The Hall–Kier alpha value is -2.57. The fourth-order valence-electron chi connectivity index (χ4n) is 1.44. The van der Waals surface area contributed by atoms with Crippen LogP contribution in [0.3, 0.4) is 0 Å². The van der Waals surface area contributed by atoms with Crippen LogP contribution in [0.2, 0.25) is 0 Å². The Kier molecular flexibility index (Phi) is 3.37. The van der Waals surface area contributed by atoms with Crippen molar-refractivity contribution in [3.8, 4) is 11.7 Å². The fraction of sp³-hybridized carbons (Fsp3) is 0.250. The van der Waals surface area contributed by atoms with Gasteiger partial charge in [-0.2, -0.15) is 4.98 Å². The van der Waals surface area contributed by atoms with Crippen molar-refractivity contribution in [1.82, 2.24) is 4.98 Å². The summed E-state index contributed by atoms with van der Waals surface area (Å²) in [6.07, 6.45) is 0. The number of aromatic nitrogens is 1. The molecule has 7 nitrogen and oxygen atoms in total. The molecule has 0 atom stereocenters. The summed E-state index contributed by atoms with van der Waals surface area (Å²) in [7, 11) is 2.34. The second-order valence-corrected chi connectivity index (χ2v) is 3.59. The minimum absolute atomic E-state index is 0.00824. The number of carbonyl (C=O) groups is 2. The molecular formula is C12H11NO6. The van der Waals surface area contributed by atoms with Crippen LogP contribution in [0.5, 0.6) is 0 Å². The molecule has 0 spiro atoms. The Balaban J connectivity index is 2.51. The zero-order chi connectivity index (χ0) is 14.0. The standard InChI is InChI=1S/C12H11NO6/c1-6-4-5-7(18-6)10-13-8(11(14)16-2)9(19-10)12(15)17-3/h4-5H,1-3H3. The van der Waals surface area contributed by atoms with Crippen molar-refractivity contribution in [2.45, 2.75) is 6.92 Å². The molecule has 0 amide bonds. The van der Waals surface area contributed by atoms with Gasteiger partial charge in [0.15, 0.2) is 5.76 Å². The fourth-order valence-corrected chi connectivity index (χ4v) is 1.44. The number of ether oxygens (including phenoxy) is 2. The normalized spacial score (nSPS) is 10.3. The minimum Gasteiger partial charge on any atom is -0.464 e. The van der Waals surface area contributed by atoms with Crippen LogP contribution in [-0.2, 0) is 9.47 Å². The van der Waals surface area contributed by atoms with Gasteiger partial charge in [-0.25, -0.2) is 9.59 Å². The van der Waals surface area contributed by atoms with Crippen LogP contribution in [0.1, 0.15) is 26.8 Å². The first-order chi connectivity index (χ1) is 9.06. The van der Waals surface area contributed by atoms with Crippen LogP contribution < -0.4 is 0 Å². The summed E-state index contributed by atoms with van der Waals surface area (Å²) in [6.45, 7) is 1.74. The van der Waals surface area contributed by atoms with Gasteiger partial charge in [0.2, 0.25) is 11.5 Å². The van der Waals surface area contributed by atoms with E-state index in [1.54, 1.807) is 19.1 Å². The molecule has 0 bridgehead atoms. The smallest absolute Gasteiger partial charge is 0.376 e. The van der Waals surface area contributed by atoms with Gasteiger partial charge in [-0.1, -0.05) is 0 Å². The van der Waals surface area contributed by atoms with Crippen LogP contribution >= 0.6 is 0 Å². The topological polar surface area (TPSA) is 91.8 Å². The number of hydrogen-bond acceptors (Lipinski definition) is 7. The highest BCUT2D eigenvalue weighted by atomic mass is 16.5. The van der Waals surface area contributed by atoms with Gasteiger partial charge >= 0.3 is 11.9 Å². The molecule has 2 aromatic heterocycles. The van der Waals surface area contributed by atoms with Crippen molar-refractivity contribution in [2.24, 2.45) is 0 Å². The molecule has 2 aromatic rings. The van der Waals surface area contributed by atoms with Gasteiger partial charge in [0, 0.05) is 0 Å². The zero-order valence-corrected chi connectivity index (χ0v) is 10.6. The SMILES string of the molecule is COC(=O)c1nc(-c2ccc(C)o2)oc1C(=O)OC. The molecule has 0 N–H and O–H groups in total. The first kappa shape index (κ1) is 12.9. The number of furan rings is 1. The van der Waals surface area contributed by atoms with Crippen LogP contribution in [0, 0.1) is 6.92 Å². The van der Waals surface area contributed by atoms with Crippen molar-refractivity contribution in [3.63, 3.8) is 0 Å². The van der Waals surface area contributed by atoms with E-state index in [-0.39, 0.29) is 17.3 Å². The van der Waals surface area contributed by atoms with E-state index < -0.39 is 11.9 Å². The van der Waals surface area contributed by atoms with E-state index in [9.17, 15) is 9.59 Å². The lowest BCUT2D eigenvalue weighted by atomic mass is 10.3. The maximum absolute atomic E-state index is 11.5. The molecule has 0 saturated carbocycles. The maximum atomic E-state index is 11.5. The number of nitrogens with zero attached hydrogens (tertiary/aromatic N) is 1. The molecule has 0 aliphatic heterocycles. The minimum atomic E-state index is -0.817.